The molecule has 82 valence electrons. The molecule has 16 heavy (non-hydrogen) atoms. The lowest BCUT2D eigenvalue weighted by molar-refractivity contribution is 0.0696. The number of carboxylic acid groups (broad SMARTS) is 1. The van der Waals surface area contributed by atoms with Crippen LogP contribution in [-0.4, -0.2) is 21.3 Å². The van der Waals surface area contributed by atoms with E-state index < -0.39 is 5.97 Å². The molecule has 4 nitrogen and oxygen atoms in total. The van der Waals surface area contributed by atoms with Crippen molar-refractivity contribution in [2.75, 3.05) is 0 Å². The van der Waals surface area contributed by atoms with Crippen molar-refractivity contribution >= 4 is 16.7 Å². The van der Waals surface area contributed by atoms with Gasteiger partial charge >= 0.3 is 5.97 Å². The van der Waals surface area contributed by atoms with Gasteiger partial charge in [0.1, 0.15) is 17.1 Å². The third-order valence-corrected chi connectivity index (χ3v) is 2.52. The Kier molecular flexibility index (Phi) is 2.20. The number of phenolic OH excluding ortho intramolecular Hbond substituents is 1. The summed E-state index contributed by atoms with van der Waals surface area (Å²) >= 11 is 0. The van der Waals surface area contributed by atoms with Gasteiger partial charge in [0.15, 0.2) is 0 Å². The first-order valence-corrected chi connectivity index (χ1v) is 4.69. The molecule has 0 heterocycles. The molecule has 0 aromatic heterocycles. The molecule has 0 unspecified atom stereocenters. The van der Waals surface area contributed by atoms with Crippen molar-refractivity contribution in [1.82, 2.24) is 0 Å². The van der Waals surface area contributed by atoms with E-state index in [1.54, 1.807) is 19.1 Å². The zero-order valence-corrected chi connectivity index (χ0v) is 8.56. The Hall–Kier alpha value is -2.23. The Balaban J connectivity index is 2.97. The quantitative estimate of drug-likeness (QED) is 0.686. The van der Waals surface area contributed by atoms with Crippen LogP contribution < -0.4 is 0 Å². The van der Waals surface area contributed by atoms with Crippen molar-refractivity contribution in [2.24, 2.45) is 0 Å². The van der Waals surface area contributed by atoms with E-state index in [9.17, 15) is 15.0 Å². The van der Waals surface area contributed by atoms with Crippen LogP contribution in [0.1, 0.15) is 15.9 Å². The number of fused-ring (bicyclic) bond motifs is 1. The molecule has 0 bridgehead atoms. The second-order valence-electron chi connectivity index (χ2n) is 3.62. The zero-order valence-electron chi connectivity index (χ0n) is 8.56. The molecule has 0 fully saturated rings. The molecule has 0 aliphatic rings. The van der Waals surface area contributed by atoms with E-state index >= 15 is 0 Å². The van der Waals surface area contributed by atoms with Gasteiger partial charge in [-0.05, 0) is 36.1 Å². The first kappa shape index (κ1) is 10.3. The Morgan fingerprint density at radius 3 is 2.44 bits per heavy atom. The van der Waals surface area contributed by atoms with Crippen LogP contribution >= 0.6 is 0 Å². The predicted molar refractivity (Wildman–Crippen MR) is 59.0 cm³/mol. The lowest BCUT2D eigenvalue weighted by Crippen LogP contribution is -1.98. The van der Waals surface area contributed by atoms with Gasteiger partial charge in [0.2, 0.25) is 0 Å². The number of rotatable bonds is 1. The van der Waals surface area contributed by atoms with Crippen LogP contribution in [0.3, 0.4) is 0 Å². The maximum atomic E-state index is 11.0. The van der Waals surface area contributed by atoms with E-state index in [4.69, 9.17) is 5.11 Å². The summed E-state index contributed by atoms with van der Waals surface area (Å²) in [6.07, 6.45) is 0. The fourth-order valence-corrected chi connectivity index (χ4v) is 1.82. The van der Waals surface area contributed by atoms with Crippen molar-refractivity contribution in [3.63, 3.8) is 0 Å². The van der Waals surface area contributed by atoms with E-state index in [2.05, 4.69) is 0 Å². The first-order valence-electron chi connectivity index (χ1n) is 4.69. The summed E-state index contributed by atoms with van der Waals surface area (Å²) in [5, 5.41) is 29.0. The summed E-state index contributed by atoms with van der Waals surface area (Å²) in [6.45, 7) is 1.77. The maximum Gasteiger partial charge on any atom is 0.340 e. The molecule has 2 aromatic rings. The highest BCUT2D eigenvalue weighted by atomic mass is 16.4. The van der Waals surface area contributed by atoms with Crippen LogP contribution in [0.4, 0.5) is 0 Å². The average Bonchev–Trinajstić information content (AvgIpc) is 2.15. The molecule has 4 heteroatoms. The van der Waals surface area contributed by atoms with Gasteiger partial charge in [-0.2, -0.15) is 0 Å². The molecular formula is C12H10O4. The predicted octanol–water partition coefficient (Wildman–Crippen LogP) is 2.26. The molecule has 2 aromatic carbocycles. The molecule has 3 N–H and O–H groups in total. The SMILES string of the molecule is Cc1cc(O)cc2c(C(=O)O)c(O)ccc12. The largest absolute Gasteiger partial charge is 0.508 e. The fourth-order valence-electron chi connectivity index (χ4n) is 1.82. The first-order chi connectivity index (χ1) is 7.50. The molecule has 0 saturated heterocycles. The van der Waals surface area contributed by atoms with E-state index in [-0.39, 0.29) is 17.1 Å². The molecule has 0 saturated carbocycles. The van der Waals surface area contributed by atoms with E-state index in [0.717, 1.165) is 5.56 Å². The highest BCUT2D eigenvalue weighted by Gasteiger charge is 2.15. The molecule has 0 amide bonds. The van der Waals surface area contributed by atoms with Gasteiger partial charge in [-0.15, -0.1) is 0 Å². The number of carbonyl (C=O) groups is 1. The van der Waals surface area contributed by atoms with Gasteiger partial charge in [0, 0.05) is 5.39 Å². The van der Waals surface area contributed by atoms with E-state index in [1.165, 1.54) is 12.1 Å². The molecule has 0 aliphatic carbocycles. The molecule has 0 spiro atoms. The number of hydrogen-bond donors (Lipinski definition) is 3. The summed E-state index contributed by atoms with van der Waals surface area (Å²) in [7, 11) is 0. The number of aromatic carboxylic acids is 1. The minimum absolute atomic E-state index is 0.0156. The standard InChI is InChI=1S/C12H10O4/c1-6-4-7(13)5-9-8(6)2-3-10(14)11(9)12(15)16/h2-5,13-14H,1H3,(H,15,16). The van der Waals surface area contributed by atoms with Crippen LogP contribution in [0.2, 0.25) is 0 Å². The monoisotopic (exact) mass is 218 g/mol. The van der Waals surface area contributed by atoms with Crippen LogP contribution in [0.15, 0.2) is 24.3 Å². The second-order valence-corrected chi connectivity index (χ2v) is 3.62. The summed E-state index contributed by atoms with van der Waals surface area (Å²) in [5.74, 6) is -1.53. The third-order valence-electron chi connectivity index (χ3n) is 2.52. The lowest BCUT2D eigenvalue weighted by atomic mass is 9.99. The fraction of sp³-hybridized carbons (Fsp3) is 0.0833. The minimum Gasteiger partial charge on any atom is -0.508 e. The number of aromatic hydroxyl groups is 2. The topological polar surface area (TPSA) is 77.8 Å². The van der Waals surface area contributed by atoms with Gasteiger partial charge in [0.25, 0.3) is 0 Å². The minimum atomic E-state index is -1.21. The van der Waals surface area contributed by atoms with Crippen molar-refractivity contribution in [3.05, 3.63) is 35.4 Å². The van der Waals surface area contributed by atoms with E-state index in [1.807, 2.05) is 0 Å². The summed E-state index contributed by atoms with van der Waals surface area (Å²) in [5.41, 5.74) is 0.578. The number of benzene rings is 2. The molecule has 0 atom stereocenters. The van der Waals surface area contributed by atoms with Crippen molar-refractivity contribution in [1.29, 1.82) is 0 Å². The Morgan fingerprint density at radius 2 is 1.81 bits per heavy atom. The highest BCUT2D eigenvalue weighted by molar-refractivity contribution is 6.07. The van der Waals surface area contributed by atoms with Gasteiger partial charge in [-0.3, -0.25) is 0 Å². The Morgan fingerprint density at radius 1 is 1.12 bits per heavy atom. The van der Waals surface area contributed by atoms with Gasteiger partial charge in [-0.25, -0.2) is 4.79 Å². The van der Waals surface area contributed by atoms with E-state index in [0.29, 0.717) is 10.8 Å². The van der Waals surface area contributed by atoms with Gasteiger partial charge in [-0.1, -0.05) is 6.07 Å². The van der Waals surface area contributed by atoms with Crippen LogP contribution in [-0.2, 0) is 0 Å². The molecular weight excluding hydrogens is 208 g/mol. The van der Waals surface area contributed by atoms with Crippen molar-refractivity contribution in [3.8, 4) is 11.5 Å². The number of aryl methyl sites for hydroxylation is 1. The highest BCUT2D eigenvalue weighted by Crippen LogP contribution is 2.31. The average molecular weight is 218 g/mol. The van der Waals surface area contributed by atoms with Gasteiger partial charge in [0.05, 0.1) is 0 Å². The van der Waals surface area contributed by atoms with Crippen molar-refractivity contribution < 1.29 is 20.1 Å². The summed E-state index contributed by atoms with van der Waals surface area (Å²) in [4.78, 5) is 11.0. The summed E-state index contributed by atoms with van der Waals surface area (Å²) in [6, 6.07) is 5.86. The smallest absolute Gasteiger partial charge is 0.340 e. The summed E-state index contributed by atoms with van der Waals surface area (Å²) < 4.78 is 0. The Bertz CT molecular complexity index is 587. The Labute approximate surface area is 91.4 Å². The third kappa shape index (κ3) is 1.44. The number of carboxylic acids is 1. The molecule has 2 rings (SSSR count). The number of phenols is 2. The second kappa shape index (κ2) is 3.41. The van der Waals surface area contributed by atoms with Gasteiger partial charge < -0.3 is 15.3 Å². The maximum absolute atomic E-state index is 11.0. The zero-order chi connectivity index (χ0) is 11.9. The van der Waals surface area contributed by atoms with Crippen molar-refractivity contribution in [2.45, 2.75) is 6.92 Å². The number of hydrogen-bond acceptors (Lipinski definition) is 3. The molecule has 0 aliphatic heterocycles. The lowest BCUT2D eigenvalue weighted by Gasteiger charge is -2.08. The van der Waals surface area contributed by atoms with Crippen LogP contribution in [0.25, 0.3) is 10.8 Å². The molecule has 0 radical (unpaired) electrons. The van der Waals surface area contributed by atoms with Crippen LogP contribution in [0, 0.1) is 6.92 Å². The van der Waals surface area contributed by atoms with Crippen LogP contribution in [0.5, 0.6) is 11.5 Å². The normalized spacial score (nSPS) is 10.6.